The lowest BCUT2D eigenvalue weighted by molar-refractivity contribution is -0.142. The lowest BCUT2D eigenvalue weighted by Crippen LogP contribution is -2.36. The van der Waals surface area contributed by atoms with E-state index in [4.69, 9.17) is 0 Å². The van der Waals surface area contributed by atoms with Gasteiger partial charge < -0.3 is 20.2 Å². The number of pyridine rings is 2. The normalized spacial score (nSPS) is 13.1. The second-order valence-corrected chi connectivity index (χ2v) is 11.5. The van der Waals surface area contributed by atoms with E-state index in [9.17, 15) is 19.5 Å². The minimum Gasteiger partial charge on any atom is -0.481 e. The molecule has 4 aromatic rings. The number of hydrogen-bond acceptors (Lipinski definition) is 6. The summed E-state index contributed by atoms with van der Waals surface area (Å²) in [4.78, 5) is 50.7. The second-order valence-electron chi connectivity index (χ2n) is 11.5. The fraction of sp³-hybridized carbons (Fsp3) is 0.306. The van der Waals surface area contributed by atoms with Crippen molar-refractivity contribution in [1.82, 2.24) is 14.9 Å². The minimum absolute atomic E-state index is 0.0314. The van der Waals surface area contributed by atoms with Crippen molar-refractivity contribution in [2.75, 3.05) is 23.8 Å². The van der Waals surface area contributed by atoms with Gasteiger partial charge in [-0.05, 0) is 77.9 Å². The number of rotatable bonds is 14. The van der Waals surface area contributed by atoms with Crippen LogP contribution in [0, 0.1) is 5.92 Å². The summed E-state index contributed by atoms with van der Waals surface area (Å²) in [5.41, 5.74) is 5.54. The Labute approximate surface area is 263 Å². The summed E-state index contributed by atoms with van der Waals surface area (Å²) >= 11 is 0. The Kier molecular flexibility index (Phi) is 10.2. The molecule has 9 nitrogen and oxygen atoms in total. The van der Waals surface area contributed by atoms with Gasteiger partial charge in [0.15, 0.2) is 0 Å². The Bertz CT molecular complexity index is 1630. The van der Waals surface area contributed by atoms with Gasteiger partial charge in [-0.25, -0.2) is 0 Å². The summed E-state index contributed by atoms with van der Waals surface area (Å²) in [6.07, 6.45) is 9.96. The number of amides is 2. The Morgan fingerprint density at radius 2 is 1.73 bits per heavy atom. The number of aliphatic carboxylic acids is 1. The third kappa shape index (κ3) is 8.12. The van der Waals surface area contributed by atoms with Crippen molar-refractivity contribution in [3.63, 3.8) is 0 Å². The molecule has 1 atom stereocenters. The molecule has 5 rings (SSSR count). The highest BCUT2D eigenvalue weighted by Crippen LogP contribution is 2.37. The van der Waals surface area contributed by atoms with Gasteiger partial charge in [-0.3, -0.25) is 24.4 Å². The molecule has 2 N–H and O–H groups in total. The zero-order chi connectivity index (χ0) is 31.8. The van der Waals surface area contributed by atoms with Gasteiger partial charge in [0.1, 0.15) is 0 Å². The summed E-state index contributed by atoms with van der Waals surface area (Å²) < 4.78 is 0. The lowest BCUT2D eigenvalue weighted by Gasteiger charge is -2.32. The van der Waals surface area contributed by atoms with Gasteiger partial charge in [-0.1, -0.05) is 43.7 Å². The van der Waals surface area contributed by atoms with Crippen LogP contribution in [-0.4, -0.2) is 51.4 Å². The first-order valence-corrected chi connectivity index (χ1v) is 15.4. The maximum atomic E-state index is 13.6. The molecule has 2 heterocycles. The largest absolute Gasteiger partial charge is 0.481 e. The Hall–Kier alpha value is -5.05. The summed E-state index contributed by atoms with van der Waals surface area (Å²) in [7, 11) is 2.02. The van der Waals surface area contributed by atoms with Crippen LogP contribution >= 0.6 is 0 Å². The van der Waals surface area contributed by atoms with Crippen LogP contribution in [0.5, 0.6) is 0 Å². The van der Waals surface area contributed by atoms with E-state index in [1.807, 2.05) is 55.6 Å². The van der Waals surface area contributed by atoms with Crippen molar-refractivity contribution < 1.29 is 19.5 Å². The molecule has 0 bridgehead atoms. The van der Waals surface area contributed by atoms with Gasteiger partial charge in [0.2, 0.25) is 5.91 Å². The second kappa shape index (κ2) is 14.6. The number of carbonyl (C=O) groups is 3. The highest BCUT2D eigenvalue weighted by molar-refractivity contribution is 6.06. The summed E-state index contributed by atoms with van der Waals surface area (Å²) in [5.74, 6) is -1.31. The van der Waals surface area contributed by atoms with Crippen molar-refractivity contribution in [3.05, 3.63) is 108 Å². The first-order valence-electron chi connectivity index (χ1n) is 15.4. The molecular formula is C36H39N5O4. The van der Waals surface area contributed by atoms with Gasteiger partial charge in [0, 0.05) is 56.4 Å². The molecule has 1 aliphatic carbocycles. The number of nitrogens with zero attached hydrogens (tertiary/aromatic N) is 4. The number of carboxylic acid groups (broad SMARTS) is 1. The fourth-order valence-electron chi connectivity index (χ4n) is 5.46. The van der Waals surface area contributed by atoms with E-state index >= 15 is 0 Å². The third-order valence-corrected chi connectivity index (χ3v) is 8.08. The molecule has 2 aromatic carbocycles. The Morgan fingerprint density at radius 1 is 0.956 bits per heavy atom. The smallest absolute Gasteiger partial charge is 0.305 e. The van der Waals surface area contributed by atoms with E-state index in [2.05, 4.69) is 27.1 Å². The molecule has 45 heavy (non-hydrogen) atoms. The molecule has 1 fully saturated rings. The van der Waals surface area contributed by atoms with E-state index < -0.39 is 12.0 Å². The van der Waals surface area contributed by atoms with Crippen LogP contribution in [0.25, 0.3) is 11.1 Å². The molecule has 0 radical (unpaired) electrons. The third-order valence-electron chi connectivity index (χ3n) is 8.08. The van der Waals surface area contributed by atoms with Crippen LogP contribution in [-0.2, 0) is 16.1 Å². The van der Waals surface area contributed by atoms with Gasteiger partial charge >= 0.3 is 5.97 Å². The van der Waals surface area contributed by atoms with Crippen LogP contribution in [0.4, 0.5) is 11.4 Å². The van der Waals surface area contributed by atoms with E-state index in [0.717, 1.165) is 54.6 Å². The predicted octanol–water partition coefficient (Wildman–Crippen LogP) is 6.59. The van der Waals surface area contributed by atoms with Crippen LogP contribution < -0.4 is 10.2 Å². The molecule has 1 unspecified atom stereocenters. The Balaban J connectivity index is 1.47. The molecule has 232 valence electrons. The lowest BCUT2D eigenvalue weighted by atomic mass is 9.99. The average molecular weight is 606 g/mol. The van der Waals surface area contributed by atoms with Crippen LogP contribution in [0.1, 0.15) is 66.6 Å². The van der Waals surface area contributed by atoms with Crippen LogP contribution in [0.15, 0.2) is 91.5 Å². The van der Waals surface area contributed by atoms with E-state index in [1.54, 1.807) is 47.9 Å². The van der Waals surface area contributed by atoms with Crippen LogP contribution in [0.2, 0.25) is 0 Å². The Morgan fingerprint density at radius 3 is 2.42 bits per heavy atom. The molecule has 0 spiro atoms. The summed E-state index contributed by atoms with van der Waals surface area (Å²) in [6, 6.07) is 20.3. The summed E-state index contributed by atoms with van der Waals surface area (Å²) in [5, 5.41) is 12.9. The highest BCUT2D eigenvalue weighted by atomic mass is 16.4. The maximum Gasteiger partial charge on any atom is 0.305 e. The molecule has 0 aliphatic heterocycles. The molecule has 1 saturated carbocycles. The zero-order valence-corrected chi connectivity index (χ0v) is 25.7. The number of benzene rings is 2. The highest BCUT2D eigenvalue weighted by Gasteiger charge is 2.37. The van der Waals surface area contributed by atoms with Gasteiger partial charge in [-0.15, -0.1) is 0 Å². The molecule has 9 heteroatoms. The minimum atomic E-state index is -0.975. The van der Waals surface area contributed by atoms with E-state index in [1.165, 1.54) is 0 Å². The molecule has 2 aromatic heterocycles. The predicted molar refractivity (Wildman–Crippen MR) is 175 cm³/mol. The quantitative estimate of drug-likeness (QED) is 0.167. The van der Waals surface area contributed by atoms with Gasteiger partial charge in [0.05, 0.1) is 23.8 Å². The van der Waals surface area contributed by atoms with E-state index in [0.29, 0.717) is 16.8 Å². The monoisotopic (exact) mass is 605 g/mol. The van der Waals surface area contributed by atoms with Crippen LogP contribution in [0.3, 0.4) is 0 Å². The fourth-order valence-corrected chi connectivity index (χ4v) is 5.46. The van der Waals surface area contributed by atoms with Crippen molar-refractivity contribution in [2.45, 2.75) is 51.6 Å². The average Bonchev–Trinajstić information content (AvgIpc) is 3.92. The number of unbranched alkanes of at least 4 members (excludes halogenated alkanes) is 1. The number of hydrogen-bond donors (Lipinski definition) is 2. The number of anilines is 2. The van der Waals surface area contributed by atoms with E-state index in [-0.39, 0.29) is 30.7 Å². The SMILES string of the molecule is CCCCN(C)c1ccc(-c2cccc(CN(C(=O)C3CC3)C(CC(=O)O)c3cccnc3)c2)cc1NC(=O)c1ccncc1. The van der Waals surface area contributed by atoms with Crippen molar-refractivity contribution in [3.8, 4) is 11.1 Å². The number of carbonyl (C=O) groups excluding carboxylic acids is 2. The van der Waals surface area contributed by atoms with Crippen molar-refractivity contribution in [1.29, 1.82) is 0 Å². The molecule has 2 amide bonds. The topological polar surface area (TPSA) is 116 Å². The molecule has 1 aliphatic rings. The number of aromatic nitrogens is 2. The number of carboxylic acids is 1. The van der Waals surface area contributed by atoms with Crippen molar-refractivity contribution in [2.24, 2.45) is 5.92 Å². The maximum absolute atomic E-state index is 13.6. The molecule has 0 saturated heterocycles. The van der Waals surface area contributed by atoms with Gasteiger partial charge in [-0.2, -0.15) is 0 Å². The first kappa shape index (κ1) is 31.4. The molecular weight excluding hydrogens is 566 g/mol. The standard InChI is InChI=1S/C36H39N5O4/c1-3-4-19-40(2)32-13-12-29(21-31(32)39-35(44)26-14-17-37-18-15-26)28-8-5-7-25(20-28)24-41(36(45)27-10-11-27)33(22-34(42)43)30-9-6-16-38-23-30/h5-9,12-18,20-21,23,27,33H,3-4,10-11,19,22,24H2,1-2H3,(H,39,44)(H,42,43). The zero-order valence-electron chi connectivity index (χ0n) is 25.7. The van der Waals surface area contributed by atoms with Crippen molar-refractivity contribution >= 4 is 29.2 Å². The first-order chi connectivity index (χ1) is 21.8. The van der Waals surface area contributed by atoms with Gasteiger partial charge in [0.25, 0.3) is 5.91 Å². The number of nitrogens with one attached hydrogen (secondary N) is 1. The summed E-state index contributed by atoms with van der Waals surface area (Å²) in [6.45, 7) is 3.26.